The van der Waals surface area contributed by atoms with Gasteiger partial charge in [-0.05, 0) is 68.2 Å². The molecule has 2 heterocycles. The fraction of sp³-hybridized carbons (Fsp3) is 0.636. The van der Waals surface area contributed by atoms with Gasteiger partial charge in [-0.1, -0.05) is 38.5 Å². The molecular formula is C22H31N3O3S2. The molecule has 0 spiro atoms. The molecule has 3 aliphatic carbocycles. The van der Waals surface area contributed by atoms with Crippen molar-refractivity contribution < 1.29 is 13.0 Å². The highest BCUT2D eigenvalue weighted by Crippen LogP contribution is 2.77. The Bertz CT molecular complexity index is 999. The van der Waals surface area contributed by atoms with Crippen LogP contribution in [-0.4, -0.2) is 36.3 Å². The Morgan fingerprint density at radius 1 is 1.13 bits per heavy atom. The van der Waals surface area contributed by atoms with E-state index in [1.807, 2.05) is 18.3 Å². The van der Waals surface area contributed by atoms with Crippen molar-refractivity contribution in [1.82, 2.24) is 15.5 Å². The number of nitrogens with one attached hydrogen (secondary N) is 1. The number of hydrogen-bond donors (Lipinski definition) is 2. The van der Waals surface area contributed by atoms with Gasteiger partial charge < -0.3 is 5.32 Å². The Morgan fingerprint density at radius 2 is 1.73 bits per heavy atom. The van der Waals surface area contributed by atoms with Crippen LogP contribution in [0.15, 0.2) is 29.2 Å². The van der Waals surface area contributed by atoms with E-state index in [0.717, 1.165) is 17.9 Å². The molecule has 2 bridgehead atoms. The van der Waals surface area contributed by atoms with Crippen LogP contribution in [0, 0.1) is 23.7 Å². The molecule has 4 aliphatic rings. The lowest BCUT2D eigenvalue weighted by Gasteiger charge is -2.74. The summed E-state index contributed by atoms with van der Waals surface area (Å²) in [6.07, 6.45) is 5.21. The van der Waals surface area contributed by atoms with E-state index in [0.29, 0.717) is 16.2 Å². The highest BCUT2D eigenvalue weighted by atomic mass is 32.2. The van der Waals surface area contributed by atoms with Gasteiger partial charge in [0, 0.05) is 11.8 Å². The number of hydrogen-bond acceptors (Lipinski definition) is 6. The predicted molar refractivity (Wildman–Crippen MR) is 118 cm³/mol. The van der Waals surface area contributed by atoms with Crippen LogP contribution in [0.25, 0.3) is 0 Å². The summed E-state index contributed by atoms with van der Waals surface area (Å²) in [5, 5.41) is 14.9. The second-order valence-corrected chi connectivity index (χ2v) is 13.0. The molecule has 3 saturated carbocycles. The fourth-order valence-corrected chi connectivity index (χ4v) is 6.76. The maximum absolute atomic E-state index is 10.5. The zero-order valence-electron chi connectivity index (χ0n) is 18.1. The van der Waals surface area contributed by atoms with Crippen molar-refractivity contribution in [3.05, 3.63) is 39.8 Å². The monoisotopic (exact) mass is 449 g/mol. The normalized spacial score (nSPS) is 27.9. The summed E-state index contributed by atoms with van der Waals surface area (Å²) in [5.74, 6) is 0.955. The van der Waals surface area contributed by atoms with E-state index in [-0.39, 0.29) is 4.90 Å². The van der Waals surface area contributed by atoms with Crippen LogP contribution < -0.4 is 5.32 Å². The van der Waals surface area contributed by atoms with Crippen molar-refractivity contribution in [2.75, 3.05) is 13.1 Å². The third-order valence-corrected chi connectivity index (χ3v) is 8.68. The molecular weight excluding hydrogens is 418 g/mol. The molecule has 1 aliphatic heterocycles. The molecule has 164 valence electrons. The molecule has 4 fully saturated rings. The molecule has 0 atom stereocenters. The Morgan fingerprint density at radius 3 is 2.20 bits per heavy atom. The molecule has 2 N–H and O–H groups in total. The summed E-state index contributed by atoms with van der Waals surface area (Å²) in [5.41, 5.74) is 2.41. The largest absolute Gasteiger partial charge is 0.316 e. The molecule has 8 heteroatoms. The Kier molecular flexibility index (Phi) is 5.37. The second-order valence-electron chi connectivity index (χ2n) is 10.6. The summed E-state index contributed by atoms with van der Waals surface area (Å²) in [6.45, 7) is 11.2. The molecule has 0 amide bonds. The SMILES string of the molecule is CC(C)(C)Cc1nnc(C23CC(C4CNC4)(C2)C3)s1.Cc1ccc(S(=O)(=O)O)cc1. The van der Waals surface area contributed by atoms with Crippen LogP contribution in [0.1, 0.15) is 55.6 Å². The molecule has 1 saturated heterocycles. The smallest absolute Gasteiger partial charge is 0.294 e. The van der Waals surface area contributed by atoms with Crippen LogP contribution in [0.2, 0.25) is 0 Å². The maximum Gasteiger partial charge on any atom is 0.294 e. The maximum atomic E-state index is 10.5. The standard InChI is InChI=1S/C15H23N3S.C7H8O3S/c1-13(2,3)4-11-17-18-12(19-11)15-7-14(8-15,9-15)10-5-16-6-10;1-6-2-4-7(5-3-6)11(8,9)10/h10,16H,4-9H2,1-3H3;2-5H,1H3,(H,8,9,10). The molecule has 0 unspecified atom stereocenters. The minimum atomic E-state index is -4.02. The van der Waals surface area contributed by atoms with E-state index in [4.69, 9.17) is 4.55 Å². The first-order valence-electron chi connectivity index (χ1n) is 10.5. The Labute approximate surface area is 183 Å². The number of nitrogens with zero attached hydrogens (tertiary/aromatic N) is 2. The van der Waals surface area contributed by atoms with Crippen molar-refractivity contribution in [3.63, 3.8) is 0 Å². The van der Waals surface area contributed by atoms with Gasteiger partial charge in [-0.25, -0.2) is 0 Å². The van der Waals surface area contributed by atoms with Crippen molar-refractivity contribution in [2.45, 2.75) is 63.7 Å². The predicted octanol–water partition coefficient (Wildman–Crippen LogP) is 4.01. The van der Waals surface area contributed by atoms with Gasteiger partial charge in [0.25, 0.3) is 10.1 Å². The lowest BCUT2D eigenvalue weighted by Crippen LogP contribution is -2.72. The van der Waals surface area contributed by atoms with Gasteiger partial charge in [-0.3, -0.25) is 4.55 Å². The first-order chi connectivity index (χ1) is 13.9. The molecule has 6 rings (SSSR count). The van der Waals surface area contributed by atoms with Crippen LogP contribution in [-0.2, 0) is 22.0 Å². The molecule has 6 nitrogen and oxygen atoms in total. The zero-order valence-corrected chi connectivity index (χ0v) is 19.7. The van der Waals surface area contributed by atoms with Gasteiger partial charge in [-0.2, -0.15) is 8.42 Å². The molecule has 0 radical (unpaired) electrons. The van der Waals surface area contributed by atoms with Crippen LogP contribution in [0.3, 0.4) is 0 Å². The van der Waals surface area contributed by atoms with Gasteiger partial charge in [0.2, 0.25) is 0 Å². The Hall–Kier alpha value is -1.35. The molecule has 30 heavy (non-hydrogen) atoms. The van der Waals surface area contributed by atoms with Crippen molar-refractivity contribution in [1.29, 1.82) is 0 Å². The number of benzene rings is 1. The first-order valence-corrected chi connectivity index (χ1v) is 12.7. The van der Waals surface area contributed by atoms with Crippen molar-refractivity contribution in [2.24, 2.45) is 16.7 Å². The van der Waals surface area contributed by atoms with Crippen LogP contribution in [0.4, 0.5) is 0 Å². The van der Waals surface area contributed by atoms with E-state index < -0.39 is 10.1 Å². The van der Waals surface area contributed by atoms with Crippen molar-refractivity contribution >= 4 is 21.5 Å². The number of aryl methyl sites for hydroxylation is 1. The van der Waals surface area contributed by atoms with Gasteiger partial charge >= 0.3 is 0 Å². The van der Waals surface area contributed by atoms with Crippen LogP contribution in [0.5, 0.6) is 0 Å². The quantitative estimate of drug-likeness (QED) is 0.685. The van der Waals surface area contributed by atoms with E-state index in [2.05, 4.69) is 36.3 Å². The summed E-state index contributed by atoms with van der Waals surface area (Å²) in [4.78, 5) is -0.0666. The van der Waals surface area contributed by atoms with Gasteiger partial charge in [0.05, 0.1) is 4.90 Å². The number of rotatable bonds is 4. The molecule has 2 aromatic rings. The summed E-state index contributed by atoms with van der Waals surface area (Å²) in [6, 6.07) is 5.99. The minimum Gasteiger partial charge on any atom is -0.316 e. The second kappa shape index (κ2) is 7.36. The fourth-order valence-electron chi connectivity index (χ4n) is 4.95. The van der Waals surface area contributed by atoms with Gasteiger partial charge in [0.1, 0.15) is 10.0 Å². The summed E-state index contributed by atoms with van der Waals surface area (Å²) >= 11 is 1.88. The average molecular weight is 450 g/mol. The highest BCUT2D eigenvalue weighted by Gasteiger charge is 2.72. The third kappa shape index (κ3) is 4.20. The lowest BCUT2D eigenvalue weighted by atomic mass is 9.31. The van der Waals surface area contributed by atoms with Gasteiger partial charge in [-0.15, -0.1) is 21.5 Å². The summed E-state index contributed by atoms with van der Waals surface area (Å²) < 4.78 is 29.6. The van der Waals surface area contributed by atoms with E-state index in [1.54, 1.807) is 12.1 Å². The van der Waals surface area contributed by atoms with E-state index in [9.17, 15) is 8.42 Å². The molecule has 1 aromatic carbocycles. The lowest BCUT2D eigenvalue weighted by molar-refractivity contribution is -0.191. The van der Waals surface area contributed by atoms with E-state index in [1.165, 1.54) is 54.5 Å². The van der Waals surface area contributed by atoms with E-state index >= 15 is 0 Å². The van der Waals surface area contributed by atoms with Crippen LogP contribution >= 0.6 is 11.3 Å². The average Bonchev–Trinajstić information content (AvgIpc) is 2.93. The first kappa shape index (κ1) is 21.9. The van der Waals surface area contributed by atoms with Gasteiger partial charge in [0.15, 0.2) is 0 Å². The van der Waals surface area contributed by atoms with Crippen molar-refractivity contribution in [3.8, 4) is 0 Å². The Balaban J connectivity index is 0.000000170. The highest BCUT2D eigenvalue weighted by molar-refractivity contribution is 7.85. The zero-order chi connectivity index (χ0) is 21.8. The topological polar surface area (TPSA) is 92.2 Å². The summed E-state index contributed by atoms with van der Waals surface area (Å²) in [7, 11) is -4.02. The third-order valence-electron chi connectivity index (χ3n) is 6.64. The number of aromatic nitrogens is 2. The minimum absolute atomic E-state index is 0.0666. The molecule has 1 aromatic heterocycles.